The first kappa shape index (κ1) is 22.8. The Labute approximate surface area is 193 Å². The molecule has 0 atom stereocenters. The third kappa shape index (κ3) is 4.27. The monoisotopic (exact) mass is 464 g/mol. The minimum Gasteiger partial charge on any atom is -0.459 e. The second-order valence-corrected chi connectivity index (χ2v) is 7.90. The van der Waals surface area contributed by atoms with Crippen LogP contribution in [-0.4, -0.2) is 36.7 Å². The quantitative estimate of drug-likeness (QED) is 0.247. The maximum atomic E-state index is 13.9. The largest absolute Gasteiger partial charge is 0.459 e. The Morgan fingerprint density at radius 2 is 1.97 bits per heavy atom. The number of nitrogens with one attached hydrogen (secondary N) is 1. The van der Waals surface area contributed by atoms with Crippen molar-refractivity contribution in [2.24, 2.45) is 7.05 Å². The molecule has 2 heterocycles. The normalized spacial score (nSPS) is 11.1. The number of nitro benzene ring substituents is 1. The lowest BCUT2D eigenvalue weighted by molar-refractivity contribution is -0.387. The van der Waals surface area contributed by atoms with Crippen molar-refractivity contribution < 1.29 is 18.8 Å². The van der Waals surface area contributed by atoms with Gasteiger partial charge in [0.2, 0.25) is 11.8 Å². The predicted molar refractivity (Wildman–Crippen MR) is 123 cm³/mol. The van der Waals surface area contributed by atoms with Gasteiger partial charge in [0.05, 0.1) is 22.2 Å². The standard InChI is InChI=1S/C23H21FN6O4/c1-12(2)34-22(31)15-11-25-23(26-17-10-19(30(32)33)16(24)9-13(17)3)27-20(15)21-14-7-5-6-8-18(14)29(4)28-21/h5-12H,1-4H3,(H,25,26,27). The Kier molecular flexibility index (Phi) is 5.93. The fourth-order valence-corrected chi connectivity index (χ4v) is 3.49. The summed E-state index contributed by atoms with van der Waals surface area (Å²) in [5.41, 5.74) is 1.61. The summed E-state index contributed by atoms with van der Waals surface area (Å²) in [6.45, 7) is 5.06. The second-order valence-electron chi connectivity index (χ2n) is 7.90. The highest BCUT2D eigenvalue weighted by molar-refractivity contribution is 6.01. The lowest BCUT2D eigenvalue weighted by atomic mass is 10.1. The summed E-state index contributed by atoms with van der Waals surface area (Å²) >= 11 is 0. The van der Waals surface area contributed by atoms with Gasteiger partial charge in [-0.25, -0.2) is 14.8 Å². The van der Waals surface area contributed by atoms with Crippen LogP contribution in [0.25, 0.3) is 22.3 Å². The molecular formula is C23H21FN6O4. The van der Waals surface area contributed by atoms with Gasteiger partial charge in [0.15, 0.2) is 0 Å². The average molecular weight is 464 g/mol. The number of nitrogens with zero attached hydrogens (tertiary/aromatic N) is 5. The number of nitro groups is 1. The Hall–Kier alpha value is -4.41. The molecule has 0 aliphatic carbocycles. The zero-order valence-electron chi connectivity index (χ0n) is 18.9. The number of hydrogen-bond acceptors (Lipinski definition) is 8. The minimum absolute atomic E-state index is 0.0508. The maximum Gasteiger partial charge on any atom is 0.342 e. The van der Waals surface area contributed by atoms with Gasteiger partial charge in [0.1, 0.15) is 17.0 Å². The molecule has 0 bridgehead atoms. The van der Waals surface area contributed by atoms with Gasteiger partial charge in [-0.3, -0.25) is 14.8 Å². The molecule has 0 radical (unpaired) electrons. The van der Waals surface area contributed by atoms with Crippen molar-refractivity contribution in [2.45, 2.75) is 26.9 Å². The van der Waals surface area contributed by atoms with Crippen molar-refractivity contribution in [2.75, 3.05) is 5.32 Å². The molecule has 0 fully saturated rings. The van der Waals surface area contributed by atoms with Gasteiger partial charge in [-0.15, -0.1) is 0 Å². The number of para-hydroxylation sites is 1. The number of aryl methyl sites for hydroxylation is 2. The highest BCUT2D eigenvalue weighted by Gasteiger charge is 2.24. The summed E-state index contributed by atoms with van der Waals surface area (Å²) in [4.78, 5) is 31.8. The zero-order valence-corrected chi connectivity index (χ0v) is 18.9. The number of anilines is 2. The Morgan fingerprint density at radius 3 is 2.68 bits per heavy atom. The van der Waals surface area contributed by atoms with Crippen LogP contribution in [0, 0.1) is 22.9 Å². The molecule has 4 aromatic rings. The van der Waals surface area contributed by atoms with Crippen LogP contribution in [0.2, 0.25) is 0 Å². The maximum absolute atomic E-state index is 13.9. The topological polar surface area (TPSA) is 125 Å². The summed E-state index contributed by atoms with van der Waals surface area (Å²) in [7, 11) is 1.78. The molecule has 0 unspecified atom stereocenters. The number of hydrogen-bond donors (Lipinski definition) is 1. The minimum atomic E-state index is -0.943. The van der Waals surface area contributed by atoms with E-state index in [-0.39, 0.29) is 29.0 Å². The first-order chi connectivity index (χ1) is 16.2. The summed E-state index contributed by atoms with van der Waals surface area (Å²) in [6.07, 6.45) is 0.951. The molecule has 0 spiro atoms. The molecule has 10 nitrogen and oxygen atoms in total. The van der Waals surface area contributed by atoms with Crippen LogP contribution < -0.4 is 5.32 Å². The fourth-order valence-electron chi connectivity index (χ4n) is 3.49. The summed E-state index contributed by atoms with van der Waals surface area (Å²) in [6, 6.07) is 9.60. The molecule has 174 valence electrons. The molecule has 34 heavy (non-hydrogen) atoms. The average Bonchev–Trinajstić information content (AvgIpc) is 3.11. The molecule has 0 aliphatic rings. The van der Waals surface area contributed by atoms with Gasteiger partial charge in [-0.05, 0) is 38.5 Å². The second kappa shape index (κ2) is 8.85. The van der Waals surface area contributed by atoms with Crippen LogP contribution >= 0.6 is 0 Å². The van der Waals surface area contributed by atoms with Crippen LogP contribution in [0.5, 0.6) is 0 Å². The van der Waals surface area contributed by atoms with E-state index in [1.165, 1.54) is 6.20 Å². The molecule has 2 aromatic carbocycles. The number of benzene rings is 2. The molecule has 2 aromatic heterocycles. The van der Waals surface area contributed by atoms with E-state index in [2.05, 4.69) is 20.4 Å². The van der Waals surface area contributed by atoms with Crippen LogP contribution in [-0.2, 0) is 11.8 Å². The lowest BCUT2D eigenvalue weighted by Gasteiger charge is -2.13. The Bertz CT molecular complexity index is 1430. The molecule has 0 aliphatic heterocycles. The van der Waals surface area contributed by atoms with Crippen molar-refractivity contribution in [1.29, 1.82) is 0 Å². The van der Waals surface area contributed by atoms with Crippen molar-refractivity contribution in [1.82, 2.24) is 19.7 Å². The van der Waals surface area contributed by atoms with E-state index in [4.69, 9.17) is 4.74 Å². The molecule has 11 heteroatoms. The van der Waals surface area contributed by atoms with E-state index in [1.807, 2.05) is 24.3 Å². The van der Waals surface area contributed by atoms with Gasteiger partial charge in [-0.2, -0.15) is 9.49 Å². The highest BCUT2D eigenvalue weighted by Crippen LogP contribution is 2.31. The van der Waals surface area contributed by atoms with E-state index in [0.29, 0.717) is 11.3 Å². The zero-order chi connectivity index (χ0) is 24.6. The van der Waals surface area contributed by atoms with Gasteiger partial charge < -0.3 is 10.1 Å². The molecule has 4 rings (SSSR count). The summed E-state index contributed by atoms with van der Waals surface area (Å²) in [5, 5.41) is 19.4. The van der Waals surface area contributed by atoms with Crippen molar-refractivity contribution in [3.05, 3.63) is 69.7 Å². The van der Waals surface area contributed by atoms with E-state index in [0.717, 1.165) is 23.0 Å². The van der Waals surface area contributed by atoms with Crippen molar-refractivity contribution >= 4 is 34.2 Å². The number of carbonyl (C=O) groups is 1. The smallest absolute Gasteiger partial charge is 0.342 e. The van der Waals surface area contributed by atoms with E-state index < -0.39 is 22.4 Å². The number of esters is 1. The van der Waals surface area contributed by atoms with Gasteiger partial charge in [-0.1, -0.05) is 18.2 Å². The highest BCUT2D eigenvalue weighted by atomic mass is 19.1. The number of halogens is 1. The number of fused-ring (bicyclic) bond motifs is 1. The number of ether oxygens (including phenoxy) is 1. The first-order valence-electron chi connectivity index (χ1n) is 10.4. The van der Waals surface area contributed by atoms with Crippen LogP contribution in [0.4, 0.5) is 21.7 Å². The third-order valence-corrected chi connectivity index (χ3v) is 5.07. The lowest BCUT2D eigenvalue weighted by Crippen LogP contribution is -2.15. The number of aromatic nitrogens is 4. The van der Waals surface area contributed by atoms with Crippen molar-refractivity contribution in [3.8, 4) is 11.4 Å². The Morgan fingerprint density at radius 1 is 1.24 bits per heavy atom. The van der Waals surface area contributed by atoms with Crippen LogP contribution in [0.15, 0.2) is 42.6 Å². The van der Waals surface area contributed by atoms with Gasteiger partial charge in [0.25, 0.3) is 0 Å². The first-order valence-corrected chi connectivity index (χ1v) is 10.4. The number of rotatable bonds is 6. The molecular weight excluding hydrogens is 443 g/mol. The van der Waals surface area contributed by atoms with E-state index in [9.17, 15) is 19.3 Å². The fraction of sp³-hybridized carbons (Fsp3) is 0.217. The molecule has 0 saturated carbocycles. The predicted octanol–water partition coefficient (Wildman–Crippen LogP) is 4.69. The van der Waals surface area contributed by atoms with Crippen LogP contribution in [0.3, 0.4) is 0 Å². The molecule has 1 N–H and O–H groups in total. The van der Waals surface area contributed by atoms with Gasteiger partial charge >= 0.3 is 11.7 Å². The SMILES string of the molecule is Cc1cc(F)c([N+](=O)[O-])cc1Nc1ncc(C(=O)OC(C)C)c(-c2nn(C)c3ccccc23)n1. The van der Waals surface area contributed by atoms with Crippen LogP contribution in [0.1, 0.15) is 29.8 Å². The molecule has 0 amide bonds. The summed E-state index contributed by atoms with van der Waals surface area (Å²) < 4.78 is 21.0. The third-order valence-electron chi connectivity index (χ3n) is 5.07. The summed E-state index contributed by atoms with van der Waals surface area (Å²) in [5.74, 6) is -1.50. The van der Waals surface area contributed by atoms with E-state index in [1.54, 1.807) is 32.5 Å². The van der Waals surface area contributed by atoms with Crippen molar-refractivity contribution in [3.63, 3.8) is 0 Å². The van der Waals surface area contributed by atoms with Gasteiger partial charge in [0, 0.05) is 24.7 Å². The Balaban J connectivity index is 1.85. The molecule has 0 saturated heterocycles. The number of carbonyl (C=O) groups excluding carboxylic acids is 1. The van der Waals surface area contributed by atoms with E-state index >= 15 is 0 Å².